The van der Waals surface area contributed by atoms with E-state index >= 15 is 0 Å². The molecule has 0 amide bonds. The number of ether oxygens (including phenoxy) is 3. The average molecular weight is 271 g/mol. The summed E-state index contributed by atoms with van der Waals surface area (Å²) in [6.45, 7) is 0. The molecule has 0 fully saturated rings. The highest BCUT2D eigenvalue weighted by atomic mass is 16.5. The second-order valence-electron chi connectivity index (χ2n) is 4.04. The third-order valence-corrected chi connectivity index (χ3v) is 2.86. The largest absolute Gasteiger partial charge is 0.497 e. The first kappa shape index (κ1) is 13.9. The van der Waals surface area contributed by atoms with Crippen LogP contribution in [0.5, 0.6) is 17.2 Å². The first-order valence-corrected chi connectivity index (χ1v) is 6.17. The van der Waals surface area contributed by atoms with E-state index < -0.39 is 0 Å². The van der Waals surface area contributed by atoms with Crippen molar-refractivity contribution >= 4 is 11.9 Å². The molecule has 104 valence electrons. The smallest absolute Gasteiger partial charge is 0.169 e. The van der Waals surface area contributed by atoms with Gasteiger partial charge in [-0.05, 0) is 36.4 Å². The summed E-state index contributed by atoms with van der Waals surface area (Å²) < 4.78 is 15.7. The quantitative estimate of drug-likeness (QED) is 0.782. The van der Waals surface area contributed by atoms with E-state index in [2.05, 4.69) is 4.99 Å². The van der Waals surface area contributed by atoms with E-state index in [1.165, 1.54) is 0 Å². The molecular weight excluding hydrogens is 254 g/mol. The molecule has 0 radical (unpaired) electrons. The van der Waals surface area contributed by atoms with Gasteiger partial charge >= 0.3 is 0 Å². The highest BCUT2D eigenvalue weighted by molar-refractivity contribution is 5.86. The molecule has 0 saturated heterocycles. The zero-order chi connectivity index (χ0) is 14.4. The Labute approximate surface area is 118 Å². The number of para-hydroxylation sites is 1. The molecule has 2 aromatic carbocycles. The lowest BCUT2D eigenvalue weighted by molar-refractivity contribution is 0.354. The molecule has 0 aliphatic carbocycles. The molecule has 0 saturated carbocycles. The number of aliphatic imine (C=N–C) groups is 1. The van der Waals surface area contributed by atoms with Crippen molar-refractivity contribution < 1.29 is 14.2 Å². The molecule has 0 heterocycles. The van der Waals surface area contributed by atoms with Gasteiger partial charge in [-0.3, -0.25) is 4.99 Å². The molecule has 4 heteroatoms. The minimum Gasteiger partial charge on any atom is -0.497 e. The Morgan fingerprint density at radius 2 is 1.60 bits per heavy atom. The molecule has 0 N–H and O–H groups in total. The highest BCUT2D eigenvalue weighted by Gasteiger charge is 2.07. The Bertz CT molecular complexity index is 591. The number of nitrogens with zero attached hydrogens (tertiary/aromatic N) is 1. The van der Waals surface area contributed by atoms with Crippen LogP contribution in [-0.2, 0) is 0 Å². The molecule has 0 aliphatic rings. The third kappa shape index (κ3) is 3.09. The molecule has 2 rings (SSSR count). The minimum absolute atomic E-state index is 0.673. The van der Waals surface area contributed by atoms with Crippen molar-refractivity contribution in [1.82, 2.24) is 0 Å². The van der Waals surface area contributed by atoms with Gasteiger partial charge in [0.2, 0.25) is 0 Å². The van der Waals surface area contributed by atoms with E-state index in [4.69, 9.17) is 14.2 Å². The van der Waals surface area contributed by atoms with Gasteiger partial charge in [0.05, 0.1) is 27.0 Å². The van der Waals surface area contributed by atoms with Crippen molar-refractivity contribution in [3.05, 3.63) is 48.0 Å². The fourth-order valence-corrected chi connectivity index (χ4v) is 1.83. The van der Waals surface area contributed by atoms with Crippen LogP contribution in [0.15, 0.2) is 47.5 Å². The van der Waals surface area contributed by atoms with E-state index in [9.17, 15) is 0 Å². The number of rotatable bonds is 5. The third-order valence-electron chi connectivity index (χ3n) is 2.86. The summed E-state index contributed by atoms with van der Waals surface area (Å²) in [5, 5.41) is 0. The summed E-state index contributed by atoms with van der Waals surface area (Å²) in [5.74, 6) is 2.17. The van der Waals surface area contributed by atoms with E-state index in [-0.39, 0.29) is 0 Å². The molecule has 2 aromatic rings. The lowest BCUT2D eigenvalue weighted by atomic mass is 10.2. The van der Waals surface area contributed by atoms with E-state index in [0.29, 0.717) is 11.5 Å². The van der Waals surface area contributed by atoms with Crippen LogP contribution in [-0.4, -0.2) is 27.5 Å². The first-order chi connectivity index (χ1) is 9.78. The monoisotopic (exact) mass is 271 g/mol. The molecule has 20 heavy (non-hydrogen) atoms. The molecule has 0 aliphatic heterocycles. The van der Waals surface area contributed by atoms with E-state index in [1.807, 2.05) is 42.5 Å². The lowest BCUT2D eigenvalue weighted by Crippen LogP contribution is -1.94. The van der Waals surface area contributed by atoms with Crippen LogP contribution in [0.3, 0.4) is 0 Å². The maximum absolute atomic E-state index is 5.36. The average Bonchev–Trinajstić information content (AvgIpc) is 2.52. The van der Waals surface area contributed by atoms with Crippen LogP contribution < -0.4 is 14.2 Å². The van der Waals surface area contributed by atoms with Gasteiger partial charge < -0.3 is 14.2 Å². The molecule has 0 unspecified atom stereocenters. The zero-order valence-corrected chi connectivity index (χ0v) is 11.8. The van der Waals surface area contributed by atoms with Crippen molar-refractivity contribution in [2.45, 2.75) is 0 Å². The standard InChI is InChI=1S/C16H17NO3/c1-18-14-9-7-13(8-10-14)17-11-12-5-4-6-15(19-2)16(12)20-3/h4-11H,1-3H3. The SMILES string of the molecule is COc1ccc(N=Cc2cccc(OC)c2OC)cc1. The van der Waals surface area contributed by atoms with Crippen molar-refractivity contribution in [3.63, 3.8) is 0 Å². The Kier molecular flexibility index (Phi) is 4.60. The highest BCUT2D eigenvalue weighted by Crippen LogP contribution is 2.30. The van der Waals surface area contributed by atoms with Crippen molar-refractivity contribution in [2.75, 3.05) is 21.3 Å². The van der Waals surface area contributed by atoms with Gasteiger partial charge in [0.15, 0.2) is 11.5 Å². The fourth-order valence-electron chi connectivity index (χ4n) is 1.83. The summed E-state index contributed by atoms with van der Waals surface area (Å²) in [7, 11) is 4.87. The Morgan fingerprint density at radius 3 is 2.20 bits per heavy atom. The van der Waals surface area contributed by atoms with Gasteiger partial charge in [-0.1, -0.05) is 6.07 Å². The summed E-state index contributed by atoms with van der Waals surface area (Å²) in [4.78, 5) is 4.42. The van der Waals surface area contributed by atoms with Crippen LogP contribution in [0.2, 0.25) is 0 Å². The Balaban J connectivity index is 2.26. The van der Waals surface area contributed by atoms with Crippen molar-refractivity contribution in [3.8, 4) is 17.2 Å². The predicted molar refractivity (Wildman–Crippen MR) is 79.8 cm³/mol. The molecule has 0 atom stereocenters. The maximum Gasteiger partial charge on any atom is 0.169 e. The van der Waals surface area contributed by atoms with Gasteiger partial charge in [0, 0.05) is 11.8 Å². The van der Waals surface area contributed by atoms with Crippen molar-refractivity contribution in [2.24, 2.45) is 4.99 Å². The second kappa shape index (κ2) is 6.61. The molecule has 4 nitrogen and oxygen atoms in total. The molecule has 0 aromatic heterocycles. The van der Waals surface area contributed by atoms with E-state index in [1.54, 1.807) is 27.5 Å². The Hall–Kier alpha value is -2.49. The number of benzene rings is 2. The van der Waals surface area contributed by atoms with Crippen LogP contribution in [0.1, 0.15) is 5.56 Å². The topological polar surface area (TPSA) is 40.0 Å². The van der Waals surface area contributed by atoms with Crippen LogP contribution in [0.25, 0.3) is 0 Å². The van der Waals surface area contributed by atoms with Crippen LogP contribution >= 0.6 is 0 Å². The summed E-state index contributed by atoms with van der Waals surface area (Å²) in [6, 6.07) is 13.2. The maximum atomic E-state index is 5.36. The van der Waals surface area contributed by atoms with Gasteiger partial charge in [-0.25, -0.2) is 0 Å². The van der Waals surface area contributed by atoms with Crippen LogP contribution in [0, 0.1) is 0 Å². The normalized spacial score (nSPS) is 10.6. The van der Waals surface area contributed by atoms with Gasteiger partial charge in [0.1, 0.15) is 5.75 Å². The number of hydrogen-bond acceptors (Lipinski definition) is 4. The van der Waals surface area contributed by atoms with Gasteiger partial charge in [-0.2, -0.15) is 0 Å². The van der Waals surface area contributed by atoms with Gasteiger partial charge in [-0.15, -0.1) is 0 Å². The Morgan fingerprint density at radius 1 is 0.850 bits per heavy atom. The summed E-state index contributed by atoms with van der Waals surface area (Å²) in [5.41, 5.74) is 1.71. The van der Waals surface area contributed by atoms with E-state index in [0.717, 1.165) is 17.0 Å². The first-order valence-electron chi connectivity index (χ1n) is 6.17. The molecular formula is C16H17NO3. The second-order valence-corrected chi connectivity index (χ2v) is 4.04. The summed E-state index contributed by atoms with van der Waals surface area (Å²) in [6.07, 6.45) is 1.75. The summed E-state index contributed by atoms with van der Waals surface area (Å²) >= 11 is 0. The molecule has 0 bridgehead atoms. The van der Waals surface area contributed by atoms with Crippen molar-refractivity contribution in [1.29, 1.82) is 0 Å². The predicted octanol–water partition coefficient (Wildman–Crippen LogP) is 3.46. The molecule has 0 spiro atoms. The van der Waals surface area contributed by atoms with Crippen LogP contribution in [0.4, 0.5) is 5.69 Å². The zero-order valence-electron chi connectivity index (χ0n) is 11.8. The van der Waals surface area contributed by atoms with Gasteiger partial charge in [0.25, 0.3) is 0 Å². The fraction of sp³-hybridized carbons (Fsp3) is 0.188. The number of hydrogen-bond donors (Lipinski definition) is 0. The minimum atomic E-state index is 0.673. The lowest BCUT2D eigenvalue weighted by Gasteiger charge is -2.09. The number of methoxy groups -OCH3 is 3.